The van der Waals surface area contributed by atoms with Crippen molar-refractivity contribution in [1.29, 1.82) is 0 Å². The van der Waals surface area contributed by atoms with Gasteiger partial charge in [0, 0.05) is 0 Å². The lowest BCUT2D eigenvalue weighted by Gasteiger charge is -1.95. The zero-order chi connectivity index (χ0) is 8.81. The molecular weight excluding hydrogens is 156 g/mol. The van der Waals surface area contributed by atoms with Crippen molar-refractivity contribution in [3.63, 3.8) is 0 Å². The highest BCUT2D eigenvalue weighted by Crippen LogP contribution is 2.11. The number of nitrogens with zero attached hydrogens (tertiary/aromatic N) is 1. The molecule has 4 heteroatoms. The van der Waals surface area contributed by atoms with Gasteiger partial charge in [0.1, 0.15) is 6.34 Å². The number of hydrogen-bond acceptors (Lipinski definition) is 3. The van der Waals surface area contributed by atoms with Crippen molar-refractivity contribution in [2.24, 2.45) is 4.99 Å². The lowest BCUT2D eigenvalue weighted by Crippen LogP contribution is -2.00. The summed E-state index contributed by atoms with van der Waals surface area (Å²) in [6, 6.07) is 7.03. The van der Waals surface area contributed by atoms with E-state index in [2.05, 4.69) is 4.99 Å². The minimum atomic E-state index is 0.0300. The molecule has 0 aliphatic heterocycles. The first kappa shape index (κ1) is 8.70. The second kappa shape index (κ2) is 4.48. The molecule has 1 aromatic rings. The summed E-state index contributed by atoms with van der Waals surface area (Å²) in [4.78, 5) is 3.83. The molecule has 1 rings (SSSR count). The zero-order valence-corrected chi connectivity index (χ0v) is 6.44. The number of nitrogens with one attached hydrogen (secondary N) is 1. The van der Waals surface area contributed by atoms with Crippen LogP contribution in [0, 0.1) is 0 Å². The quantitative estimate of drug-likeness (QED) is 0.354. The SMILES string of the molecule is OCc1ccc(N=CNO)cc1. The maximum Gasteiger partial charge on any atom is 0.113 e. The minimum absolute atomic E-state index is 0.0300. The van der Waals surface area contributed by atoms with E-state index < -0.39 is 0 Å². The van der Waals surface area contributed by atoms with Crippen LogP contribution in [0.4, 0.5) is 5.69 Å². The third-order valence-corrected chi connectivity index (χ3v) is 1.39. The largest absolute Gasteiger partial charge is 0.392 e. The fraction of sp³-hybridized carbons (Fsp3) is 0.125. The van der Waals surface area contributed by atoms with E-state index >= 15 is 0 Å². The summed E-state index contributed by atoms with van der Waals surface area (Å²) in [6.45, 7) is 0.0300. The Morgan fingerprint density at radius 1 is 1.33 bits per heavy atom. The van der Waals surface area contributed by atoms with E-state index in [0.29, 0.717) is 5.69 Å². The predicted octanol–water partition coefficient (Wildman–Crippen LogP) is 0.817. The molecule has 0 aliphatic carbocycles. The number of aliphatic hydroxyl groups excluding tert-OH is 1. The van der Waals surface area contributed by atoms with Crippen LogP contribution in [-0.2, 0) is 6.61 Å². The van der Waals surface area contributed by atoms with Crippen LogP contribution < -0.4 is 5.48 Å². The van der Waals surface area contributed by atoms with Crippen LogP contribution in [0.1, 0.15) is 5.56 Å². The molecular formula is C8H10N2O2. The topological polar surface area (TPSA) is 64.9 Å². The monoisotopic (exact) mass is 166 g/mol. The second-order valence-electron chi connectivity index (χ2n) is 2.21. The Morgan fingerprint density at radius 2 is 2.00 bits per heavy atom. The molecule has 0 saturated heterocycles. The summed E-state index contributed by atoms with van der Waals surface area (Å²) >= 11 is 0. The van der Waals surface area contributed by atoms with Gasteiger partial charge < -0.3 is 5.11 Å². The standard InChI is InChI=1S/C8H10N2O2/c11-5-7-1-3-8(4-2-7)9-6-10-12/h1-4,6,11-12H,5H2,(H,9,10). The van der Waals surface area contributed by atoms with Crippen LogP contribution in [-0.4, -0.2) is 16.7 Å². The molecule has 3 N–H and O–H groups in total. The van der Waals surface area contributed by atoms with Crippen LogP contribution in [0.15, 0.2) is 29.3 Å². The number of benzene rings is 1. The molecule has 0 aromatic heterocycles. The van der Waals surface area contributed by atoms with Gasteiger partial charge in [0.05, 0.1) is 12.3 Å². The zero-order valence-electron chi connectivity index (χ0n) is 6.44. The van der Waals surface area contributed by atoms with Crippen molar-refractivity contribution in [2.75, 3.05) is 0 Å². The average Bonchev–Trinajstić information content (AvgIpc) is 2.15. The molecule has 12 heavy (non-hydrogen) atoms. The third-order valence-electron chi connectivity index (χ3n) is 1.39. The Hall–Kier alpha value is -1.39. The summed E-state index contributed by atoms with van der Waals surface area (Å²) in [5.74, 6) is 0. The summed E-state index contributed by atoms with van der Waals surface area (Å²) in [6.07, 6.45) is 1.17. The summed E-state index contributed by atoms with van der Waals surface area (Å²) < 4.78 is 0. The van der Waals surface area contributed by atoms with Crippen molar-refractivity contribution in [2.45, 2.75) is 6.61 Å². The molecule has 0 saturated carbocycles. The van der Waals surface area contributed by atoms with Gasteiger partial charge in [-0.2, -0.15) is 0 Å². The molecule has 0 bridgehead atoms. The maximum atomic E-state index is 8.71. The number of rotatable bonds is 3. The molecule has 0 aliphatic rings. The first-order valence-corrected chi connectivity index (χ1v) is 3.49. The number of aliphatic imine (C=N–C) groups is 1. The third kappa shape index (κ3) is 2.34. The second-order valence-corrected chi connectivity index (χ2v) is 2.21. The molecule has 0 amide bonds. The molecule has 1 aromatic carbocycles. The lowest BCUT2D eigenvalue weighted by atomic mass is 10.2. The first-order chi connectivity index (χ1) is 5.86. The van der Waals surface area contributed by atoms with Gasteiger partial charge >= 0.3 is 0 Å². The van der Waals surface area contributed by atoms with E-state index in [1.807, 2.05) is 0 Å². The van der Waals surface area contributed by atoms with Crippen molar-refractivity contribution >= 4 is 12.0 Å². The van der Waals surface area contributed by atoms with Gasteiger partial charge in [0.2, 0.25) is 0 Å². The Morgan fingerprint density at radius 3 is 2.50 bits per heavy atom. The van der Waals surface area contributed by atoms with E-state index in [1.54, 1.807) is 29.7 Å². The number of hydrogen-bond donors (Lipinski definition) is 3. The molecule has 64 valence electrons. The average molecular weight is 166 g/mol. The van der Waals surface area contributed by atoms with Crippen LogP contribution in [0.5, 0.6) is 0 Å². The van der Waals surface area contributed by atoms with E-state index in [4.69, 9.17) is 10.3 Å². The van der Waals surface area contributed by atoms with E-state index in [0.717, 1.165) is 5.56 Å². The Labute approximate surface area is 70.1 Å². The molecule has 0 radical (unpaired) electrons. The van der Waals surface area contributed by atoms with Gasteiger partial charge in [-0.1, -0.05) is 12.1 Å². The van der Waals surface area contributed by atoms with Gasteiger partial charge in [-0.15, -0.1) is 0 Å². The fourth-order valence-corrected chi connectivity index (χ4v) is 0.791. The number of aliphatic hydroxyl groups is 1. The van der Waals surface area contributed by atoms with E-state index in [9.17, 15) is 0 Å². The first-order valence-electron chi connectivity index (χ1n) is 3.49. The molecule has 0 spiro atoms. The van der Waals surface area contributed by atoms with E-state index in [1.165, 1.54) is 6.34 Å². The minimum Gasteiger partial charge on any atom is -0.392 e. The maximum absolute atomic E-state index is 8.71. The number of hydroxylamine groups is 1. The van der Waals surface area contributed by atoms with Crippen molar-refractivity contribution in [3.05, 3.63) is 29.8 Å². The highest BCUT2D eigenvalue weighted by Gasteiger charge is 1.89. The normalized spacial score (nSPS) is 10.5. The van der Waals surface area contributed by atoms with E-state index in [-0.39, 0.29) is 6.61 Å². The molecule has 0 unspecified atom stereocenters. The lowest BCUT2D eigenvalue weighted by molar-refractivity contribution is 0.240. The van der Waals surface area contributed by atoms with Crippen molar-refractivity contribution in [1.82, 2.24) is 5.48 Å². The van der Waals surface area contributed by atoms with Crippen LogP contribution in [0.25, 0.3) is 0 Å². The Balaban J connectivity index is 2.71. The Kier molecular flexibility index (Phi) is 3.25. The van der Waals surface area contributed by atoms with Crippen molar-refractivity contribution in [3.8, 4) is 0 Å². The van der Waals surface area contributed by atoms with Gasteiger partial charge in [0.15, 0.2) is 0 Å². The highest BCUT2D eigenvalue weighted by atomic mass is 16.5. The van der Waals surface area contributed by atoms with Gasteiger partial charge in [-0.3, -0.25) is 10.7 Å². The highest BCUT2D eigenvalue weighted by molar-refractivity contribution is 5.59. The fourth-order valence-electron chi connectivity index (χ4n) is 0.791. The Bertz CT molecular complexity index is 256. The van der Waals surface area contributed by atoms with Crippen LogP contribution in [0.2, 0.25) is 0 Å². The van der Waals surface area contributed by atoms with Gasteiger partial charge in [-0.25, -0.2) is 4.99 Å². The van der Waals surface area contributed by atoms with Crippen LogP contribution >= 0.6 is 0 Å². The van der Waals surface area contributed by atoms with Crippen LogP contribution in [0.3, 0.4) is 0 Å². The van der Waals surface area contributed by atoms with Crippen molar-refractivity contribution < 1.29 is 10.3 Å². The molecule has 0 atom stereocenters. The summed E-state index contributed by atoms with van der Waals surface area (Å²) in [7, 11) is 0. The molecule has 4 nitrogen and oxygen atoms in total. The predicted molar refractivity (Wildman–Crippen MR) is 45.4 cm³/mol. The van der Waals surface area contributed by atoms with Gasteiger partial charge in [0.25, 0.3) is 0 Å². The summed E-state index contributed by atoms with van der Waals surface area (Å²) in [5, 5.41) is 16.9. The molecule has 0 heterocycles. The van der Waals surface area contributed by atoms with Gasteiger partial charge in [-0.05, 0) is 17.7 Å². The smallest absolute Gasteiger partial charge is 0.113 e. The molecule has 0 fully saturated rings. The summed E-state index contributed by atoms with van der Waals surface area (Å²) in [5.41, 5.74) is 3.36.